The van der Waals surface area contributed by atoms with Gasteiger partial charge in [0.2, 0.25) is 0 Å². The van der Waals surface area contributed by atoms with Crippen LogP contribution in [0.3, 0.4) is 0 Å². The Balaban J connectivity index is 2.79. The van der Waals surface area contributed by atoms with Crippen molar-refractivity contribution in [3.8, 4) is 0 Å². The molecule has 0 aliphatic heterocycles. The Labute approximate surface area is 142 Å². The van der Waals surface area contributed by atoms with Crippen molar-refractivity contribution in [3.63, 3.8) is 0 Å². The van der Waals surface area contributed by atoms with Crippen LogP contribution < -0.4 is 5.32 Å². The molecule has 0 bridgehead atoms. The van der Waals surface area contributed by atoms with E-state index in [1.165, 1.54) is 0 Å². The monoisotopic (exact) mass is 338 g/mol. The van der Waals surface area contributed by atoms with Crippen LogP contribution in [0.2, 0.25) is 0 Å². The Bertz CT molecular complexity index is 619. The molecule has 1 amide bonds. The molecule has 1 atom stereocenters. The van der Waals surface area contributed by atoms with Crippen molar-refractivity contribution < 1.29 is 23.9 Å². The van der Waals surface area contributed by atoms with Crippen molar-refractivity contribution >= 4 is 17.8 Å². The minimum Gasteiger partial charge on any atom is -0.459 e. The maximum atomic E-state index is 12.2. The normalized spacial score (nSPS) is 12.0. The number of hydrogen-bond donors (Lipinski definition) is 2. The Hall–Kier alpha value is -2.31. The summed E-state index contributed by atoms with van der Waals surface area (Å²) >= 11 is 0. The number of ether oxygens (including phenoxy) is 2. The zero-order valence-corrected chi connectivity index (χ0v) is 15.1. The van der Waals surface area contributed by atoms with Crippen molar-refractivity contribution in [1.82, 2.24) is 10.3 Å². The summed E-state index contributed by atoms with van der Waals surface area (Å²) in [6.07, 6.45) is 0.529. The van der Waals surface area contributed by atoms with E-state index in [9.17, 15) is 14.4 Å². The molecule has 0 saturated carbocycles. The van der Waals surface area contributed by atoms with Crippen LogP contribution in [0.1, 0.15) is 66.2 Å². The van der Waals surface area contributed by atoms with E-state index in [1.54, 1.807) is 27.7 Å². The van der Waals surface area contributed by atoms with Crippen LogP contribution in [0.5, 0.6) is 0 Å². The molecule has 7 nitrogen and oxygen atoms in total. The van der Waals surface area contributed by atoms with Crippen molar-refractivity contribution in [2.24, 2.45) is 0 Å². The highest BCUT2D eigenvalue weighted by Crippen LogP contribution is 2.20. The zero-order valence-electron chi connectivity index (χ0n) is 15.1. The highest BCUT2D eigenvalue weighted by molar-refractivity contribution is 5.99. The van der Waals surface area contributed by atoms with Gasteiger partial charge >= 0.3 is 11.9 Å². The van der Waals surface area contributed by atoms with Gasteiger partial charge in [0, 0.05) is 11.7 Å². The van der Waals surface area contributed by atoms with Gasteiger partial charge in [-0.3, -0.25) is 4.79 Å². The molecule has 0 unspecified atom stereocenters. The summed E-state index contributed by atoms with van der Waals surface area (Å²) in [4.78, 5) is 38.7. The second-order valence-electron chi connectivity index (χ2n) is 6.03. The summed E-state index contributed by atoms with van der Waals surface area (Å²) in [5, 5.41) is 2.71. The summed E-state index contributed by atoms with van der Waals surface area (Å²) in [6.45, 7) is 10.3. The molecule has 2 N–H and O–H groups in total. The van der Waals surface area contributed by atoms with E-state index in [0.29, 0.717) is 16.8 Å². The molecular formula is C17H26N2O5. The van der Waals surface area contributed by atoms with Gasteiger partial charge < -0.3 is 19.8 Å². The number of carbonyl (C=O) groups is 3. The quantitative estimate of drug-likeness (QED) is 0.743. The number of aromatic nitrogens is 1. The lowest BCUT2D eigenvalue weighted by Gasteiger charge is -2.11. The number of esters is 2. The number of hydrogen-bond acceptors (Lipinski definition) is 5. The molecule has 0 fully saturated rings. The minimum absolute atomic E-state index is 0.0167. The number of H-pyrrole nitrogens is 1. The third-order valence-corrected chi connectivity index (χ3v) is 3.54. The van der Waals surface area contributed by atoms with E-state index in [-0.39, 0.29) is 30.4 Å². The van der Waals surface area contributed by atoms with E-state index in [0.717, 1.165) is 6.42 Å². The smallest absolute Gasteiger partial charge is 0.355 e. The van der Waals surface area contributed by atoms with Gasteiger partial charge in [-0.1, -0.05) is 6.92 Å². The fourth-order valence-electron chi connectivity index (χ4n) is 2.16. The van der Waals surface area contributed by atoms with Crippen molar-refractivity contribution in [3.05, 3.63) is 22.5 Å². The number of amides is 1. The van der Waals surface area contributed by atoms with Crippen LogP contribution in [0.15, 0.2) is 0 Å². The molecule has 0 aromatic carbocycles. The fraction of sp³-hybridized carbons (Fsp3) is 0.588. The summed E-state index contributed by atoms with van der Waals surface area (Å²) in [5.74, 6) is -1.54. The van der Waals surface area contributed by atoms with E-state index in [4.69, 9.17) is 9.47 Å². The standard InChI is InChI=1S/C17H26N2O5/c1-7-10(4)18-13(20)8-23-17(22)15-11(5)14(12(6)19-15)16(21)24-9(2)3/h9-10,19H,7-8H2,1-6H3,(H,18,20)/t10-/m1/s1. The number of carbonyl (C=O) groups excluding carboxylic acids is 3. The number of nitrogens with one attached hydrogen (secondary N) is 2. The summed E-state index contributed by atoms with van der Waals surface area (Å²) in [5.41, 5.74) is 1.44. The zero-order chi connectivity index (χ0) is 18.4. The Kier molecular flexibility index (Phi) is 7.00. The van der Waals surface area contributed by atoms with Gasteiger partial charge in [-0.2, -0.15) is 0 Å². The Morgan fingerprint density at radius 1 is 1.12 bits per heavy atom. The number of aryl methyl sites for hydroxylation is 1. The van der Waals surface area contributed by atoms with Gasteiger partial charge in [0.15, 0.2) is 6.61 Å². The summed E-state index contributed by atoms with van der Waals surface area (Å²) in [7, 11) is 0. The highest BCUT2D eigenvalue weighted by atomic mass is 16.5. The Morgan fingerprint density at radius 3 is 2.29 bits per heavy atom. The lowest BCUT2D eigenvalue weighted by atomic mass is 10.1. The predicted molar refractivity (Wildman–Crippen MR) is 89.0 cm³/mol. The maximum Gasteiger partial charge on any atom is 0.355 e. The SMILES string of the molecule is CC[C@@H](C)NC(=O)COC(=O)c1[nH]c(C)c(C(=O)OC(C)C)c1C. The van der Waals surface area contributed by atoms with Crippen molar-refractivity contribution in [2.75, 3.05) is 6.61 Å². The van der Waals surface area contributed by atoms with Crippen LogP contribution in [-0.4, -0.2) is 41.6 Å². The molecule has 0 spiro atoms. The van der Waals surface area contributed by atoms with Crippen LogP contribution >= 0.6 is 0 Å². The second kappa shape index (κ2) is 8.52. The largest absolute Gasteiger partial charge is 0.459 e. The van der Waals surface area contributed by atoms with Crippen LogP contribution in [0, 0.1) is 13.8 Å². The lowest BCUT2D eigenvalue weighted by molar-refractivity contribution is -0.124. The molecule has 24 heavy (non-hydrogen) atoms. The molecule has 1 rings (SSSR count). The molecular weight excluding hydrogens is 312 g/mol. The molecule has 0 aliphatic rings. The summed E-state index contributed by atoms with van der Waals surface area (Å²) < 4.78 is 10.2. The Morgan fingerprint density at radius 2 is 1.75 bits per heavy atom. The number of aromatic amines is 1. The van der Waals surface area contributed by atoms with Gasteiger partial charge in [-0.25, -0.2) is 9.59 Å². The van der Waals surface area contributed by atoms with E-state index < -0.39 is 11.9 Å². The van der Waals surface area contributed by atoms with Crippen molar-refractivity contribution in [1.29, 1.82) is 0 Å². The van der Waals surface area contributed by atoms with E-state index >= 15 is 0 Å². The first-order valence-corrected chi connectivity index (χ1v) is 8.03. The van der Waals surface area contributed by atoms with Gasteiger partial charge in [-0.15, -0.1) is 0 Å². The van der Waals surface area contributed by atoms with Crippen molar-refractivity contribution in [2.45, 2.75) is 60.1 Å². The number of rotatable bonds is 7. The van der Waals surface area contributed by atoms with Gasteiger partial charge in [0.05, 0.1) is 11.7 Å². The van der Waals surface area contributed by atoms with Gasteiger partial charge in [0.25, 0.3) is 5.91 Å². The molecule has 0 aliphatic carbocycles. The van der Waals surface area contributed by atoms with Crippen LogP contribution in [-0.2, 0) is 14.3 Å². The average molecular weight is 338 g/mol. The first-order chi connectivity index (χ1) is 11.2. The fourth-order valence-corrected chi connectivity index (χ4v) is 2.16. The minimum atomic E-state index is -0.682. The van der Waals surface area contributed by atoms with E-state index in [1.807, 2.05) is 13.8 Å². The molecule has 134 valence electrons. The highest BCUT2D eigenvalue weighted by Gasteiger charge is 2.24. The van der Waals surface area contributed by atoms with Crippen LogP contribution in [0.25, 0.3) is 0 Å². The van der Waals surface area contributed by atoms with Crippen LogP contribution in [0.4, 0.5) is 0 Å². The molecule has 0 saturated heterocycles. The average Bonchev–Trinajstić information content (AvgIpc) is 2.78. The molecule has 1 aromatic heterocycles. The summed E-state index contributed by atoms with van der Waals surface area (Å²) in [6, 6.07) is 0.0167. The van der Waals surface area contributed by atoms with E-state index in [2.05, 4.69) is 10.3 Å². The third-order valence-electron chi connectivity index (χ3n) is 3.54. The third kappa shape index (κ3) is 5.11. The first-order valence-electron chi connectivity index (χ1n) is 8.03. The molecule has 0 radical (unpaired) electrons. The molecule has 1 heterocycles. The first kappa shape index (κ1) is 19.7. The molecule has 1 aromatic rings. The maximum absolute atomic E-state index is 12.2. The topological polar surface area (TPSA) is 97.5 Å². The second-order valence-corrected chi connectivity index (χ2v) is 6.03. The predicted octanol–water partition coefficient (Wildman–Crippen LogP) is 2.27. The van der Waals surface area contributed by atoms with Gasteiger partial charge in [0.1, 0.15) is 5.69 Å². The van der Waals surface area contributed by atoms with Gasteiger partial charge in [-0.05, 0) is 46.6 Å². The molecule has 7 heteroatoms. The lowest BCUT2D eigenvalue weighted by Crippen LogP contribution is -2.35.